The third-order valence-corrected chi connectivity index (χ3v) is 5.33. The maximum atomic E-state index is 12.5. The van der Waals surface area contributed by atoms with E-state index in [9.17, 15) is 18.0 Å². The average molecular weight is 455 g/mol. The number of thioether (sulfide) groups is 1. The molecule has 0 saturated carbocycles. The van der Waals surface area contributed by atoms with Crippen LogP contribution in [0, 0.1) is 6.92 Å². The highest BCUT2D eigenvalue weighted by molar-refractivity contribution is 7.99. The number of hydrogen-bond donors (Lipinski definition) is 0. The number of alkyl halides is 3. The summed E-state index contributed by atoms with van der Waals surface area (Å²) >= 11 is 7.02. The molecule has 1 aromatic heterocycles. The molecule has 0 N–H and O–H groups in total. The Morgan fingerprint density at radius 3 is 2.50 bits per heavy atom. The molecule has 10 heteroatoms. The lowest BCUT2D eigenvalue weighted by atomic mass is 10.1. The molecule has 30 heavy (non-hydrogen) atoms. The van der Waals surface area contributed by atoms with Crippen LogP contribution in [-0.4, -0.2) is 51.1 Å². The molecule has 158 valence electrons. The summed E-state index contributed by atoms with van der Waals surface area (Å²) in [5.41, 5.74) is 2.58. The first-order valence-corrected chi connectivity index (χ1v) is 10.2. The Bertz CT molecular complexity index is 1040. The van der Waals surface area contributed by atoms with Crippen molar-refractivity contribution < 1.29 is 18.0 Å². The summed E-state index contributed by atoms with van der Waals surface area (Å²) in [6, 6.07) is 14.7. The lowest BCUT2D eigenvalue weighted by molar-refractivity contribution is -0.156. The molecule has 0 aliphatic rings. The smallest absolute Gasteiger partial charge is 0.336 e. The number of carbonyl (C=O) groups is 1. The summed E-state index contributed by atoms with van der Waals surface area (Å²) in [7, 11) is 1.12. The molecule has 1 heterocycles. The van der Waals surface area contributed by atoms with E-state index in [2.05, 4.69) is 10.2 Å². The number of nitrogens with zero attached hydrogens (tertiary/aromatic N) is 4. The summed E-state index contributed by atoms with van der Waals surface area (Å²) in [4.78, 5) is 12.8. The number of benzene rings is 2. The lowest BCUT2D eigenvalue weighted by Gasteiger charge is -2.18. The standard InChI is InChI=1S/C20H18ClF3N4OS/c1-13-4-3-5-14(10-13)18-25-26-19(28(18)16-8-6-15(21)7-9-16)30-11-17(29)27(2)12-20(22,23)24/h3-10H,11-12H2,1-2H3. The first kappa shape index (κ1) is 22.2. The predicted octanol–water partition coefficient (Wildman–Crippen LogP) is 5.01. The highest BCUT2D eigenvalue weighted by atomic mass is 35.5. The van der Waals surface area contributed by atoms with Gasteiger partial charge in [0.15, 0.2) is 11.0 Å². The van der Waals surface area contributed by atoms with Gasteiger partial charge in [0.1, 0.15) is 6.54 Å². The van der Waals surface area contributed by atoms with Gasteiger partial charge in [-0.25, -0.2) is 0 Å². The minimum Gasteiger partial charge on any atom is -0.336 e. The van der Waals surface area contributed by atoms with Gasteiger partial charge in [0, 0.05) is 23.3 Å². The number of aryl methyl sites for hydroxylation is 1. The second-order valence-corrected chi connectivity index (χ2v) is 8.02. The van der Waals surface area contributed by atoms with Crippen molar-refractivity contribution in [3.63, 3.8) is 0 Å². The van der Waals surface area contributed by atoms with Gasteiger partial charge in [0.25, 0.3) is 0 Å². The molecule has 0 atom stereocenters. The van der Waals surface area contributed by atoms with Crippen molar-refractivity contribution in [3.8, 4) is 17.1 Å². The number of hydrogen-bond acceptors (Lipinski definition) is 4. The normalized spacial score (nSPS) is 11.5. The van der Waals surface area contributed by atoms with Crippen LogP contribution in [0.3, 0.4) is 0 Å². The van der Waals surface area contributed by atoms with Crippen LogP contribution in [0.1, 0.15) is 5.56 Å². The van der Waals surface area contributed by atoms with Crippen LogP contribution in [0.2, 0.25) is 5.02 Å². The molecule has 3 aromatic rings. The van der Waals surface area contributed by atoms with Crippen molar-refractivity contribution in [2.24, 2.45) is 0 Å². The van der Waals surface area contributed by atoms with Gasteiger partial charge < -0.3 is 4.90 Å². The largest absolute Gasteiger partial charge is 0.406 e. The number of rotatable bonds is 6. The van der Waals surface area contributed by atoms with Gasteiger partial charge in [-0.1, -0.05) is 47.1 Å². The Labute approximate surface area is 180 Å². The zero-order valence-electron chi connectivity index (χ0n) is 16.2. The third kappa shape index (κ3) is 5.54. The molecule has 5 nitrogen and oxygen atoms in total. The zero-order valence-corrected chi connectivity index (χ0v) is 17.7. The Morgan fingerprint density at radius 1 is 1.17 bits per heavy atom. The van der Waals surface area contributed by atoms with Crippen LogP contribution in [0.15, 0.2) is 53.7 Å². The molecule has 2 aromatic carbocycles. The first-order valence-electron chi connectivity index (χ1n) is 8.86. The van der Waals surface area contributed by atoms with Crippen LogP contribution >= 0.6 is 23.4 Å². The molecule has 0 saturated heterocycles. The molecule has 0 bridgehead atoms. The molecule has 0 unspecified atom stereocenters. The topological polar surface area (TPSA) is 51.0 Å². The van der Waals surface area contributed by atoms with E-state index in [0.29, 0.717) is 20.9 Å². The van der Waals surface area contributed by atoms with E-state index >= 15 is 0 Å². The van der Waals surface area contributed by atoms with Gasteiger partial charge in [0.2, 0.25) is 5.91 Å². The summed E-state index contributed by atoms with van der Waals surface area (Å²) < 4.78 is 39.4. The monoisotopic (exact) mass is 454 g/mol. The molecule has 0 aliphatic carbocycles. The molecule has 1 amide bonds. The quantitative estimate of drug-likeness (QED) is 0.491. The molecule has 0 aliphatic heterocycles. The van der Waals surface area contributed by atoms with Crippen LogP contribution in [0.4, 0.5) is 13.2 Å². The van der Waals surface area contributed by atoms with E-state index in [4.69, 9.17) is 11.6 Å². The van der Waals surface area contributed by atoms with E-state index in [-0.39, 0.29) is 5.75 Å². The highest BCUT2D eigenvalue weighted by Gasteiger charge is 2.31. The fraction of sp³-hybridized carbons (Fsp3) is 0.250. The van der Waals surface area contributed by atoms with Gasteiger partial charge in [-0.3, -0.25) is 9.36 Å². The third-order valence-electron chi connectivity index (χ3n) is 4.16. The predicted molar refractivity (Wildman–Crippen MR) is 111 cm³/mol. The second kappa shape index (κ2) is 9.09. The van der Waals surface area contributed by atoms with E-state index in [0.717, 1.165) is 35.6 Å². The summed E-state index contributed by atoms with van der Waals surface area (Å²) in [5, 5.41) is 9.39. The zero-order chi connectivity index (χ0) is 21.9. The number of amides is 1. The summed E-state index contributed by atoms with van der Waals surface area (Å²) in [6.45, 7) is 0.655. The average Bonchev–Trinajstić information content (AvgIpc) is 3.09. The SMILES string of the molecule is Cc1cccc(-c2nnc(SCC(=O)N(C)CC(F)(F)F)n2-c2ccc(Cl)cc2)c1. The van der Waals surface area contributed by atoms with E-state index in [1.165, 1.54) is 0 Å². The van der Waals surface area contributed by atoms with Crippen molar-refractivity contribution in [2.75, 3.05) is 19.3 Å². The Kier molecular flexibility index (Phi) is 6.72. The van der Waals surface area contributed by atoms with Gasteiger partial charge in [-0.2, -0.15) is 13.2 Å². The Balaban J connectivity index is 1.91. The van der Waals surface area contributed by atoms with Crippen LogP contribution in [0.5, 0.6) is 0 Å². The molecule has 0 fully saturated rings. The molecule has 0 spiro atoms. The Morgan fingerprint density at radius 2 is 1.87 bits per heavy atom. The molecule has 0 radical (unpaired) electrons. The van der Waals surface area contributed by atoms with E-state index < -0.39 is 18.6 Å². The number of carbonyl (C=O) groups excluding carboxylic acids is 1. The fourth-order valence-electron chi connectivity index (χ4n) is 2.75. The summed E-state index contributed by atoms with van der Waals surface area (Å²) in [6.07, 6.45) is -4.45. The number of aromatic nitrogens is 3. The number of halogens is 4. The van der Waals surface area contributed by atoms with E-state index in [1.54, 1.807) is 28.8 Å². The lowest BCUT2D eigenvalue weighted by Crippen LogP contribution is -2.36. The Hall–Kier alpha value is -2.52. The van der Waals surface area contributed by atoms with Gasteiger partial charge in [-0.05, 0) is 37.3 Å². The van der Waals surface area contributed by atoms with Crippen molar-refractivity contribution in [2.45, 2.75) is 18.3 Å². The van der Waals surface area contributed by atoms with Crippen molar-refractivity contribution >= 4 is 29.3 Å². The highest BCUT2D eigenvalue weighted by Crippen LogP contribution is 2.29. The maximum absolute atomic E-state index is 12.5. The molecule has 3 rings (SSSR count). The first-order chi connectivity index (χ1) is 14.1. The summed E-state index contributed by atoms with van der Waals surface area (Å²) in [5.74, 6) is -0.300. The van der Waals surface area contributed by atoms with Crippen LogP contribution in [0.25, 0.3) is 17.1 Å². The minimum atomic E-state index is -4.45. The van der Waals surface area contributed by atoms with Gasteiger partial charge in [0.05, 0.1) is 5.75 Å². The van der Waals surface area contributed by atoms with Crippen molar-refractivity contribution in [1.29, 1.82) is 0 Å². The fourth-order valence-corrected chi connectivity index (χ4v) is 3.77. The molecular weight excluding hydrogens is 437 g/mol. The van der Waals surface area contributed by atoms with Gasteiger partial charge >= 0.3 is 6.18 Å². The maximum Gasteiger partial charge on any atom is 0.406 e. The van der Waals surface area contributed by atoms with Crippen molar-refractivity contribution in [1.82, 2.24) is 19.7 Å². The van der Waals surface area contributed by atoms with Crippen molar-refractivity contribution in [3.05, 3.63) is 59.1 Å². The minimum absolute atomic E-state index is 0.202. The second-order valence-electron chi connectivity index (χ2n) is 6.64. The van der Waals surface area contributed by atoms with E-state index in [1.807, 2.05) is 31.2 Å². The van der Waals surface area contributed by atoms with Gasteiger partial charge in [-0.15, -0.1) is 10.2 Å². The van der Waals surface area contributed by atoms with Crippen LogP contribution in [-0.2, 0) is 4.79 Å². The molecular formula is C20H18ClF3N4OS. The van der Waals surface area contributed by atoms with Crippen LogP contribution < -0.4 is 0 Å².